The number of ether oxygens (including phenoxy) is 1. The highest BCUT2D eigenvalue weighted by atomic mass is 35.5. The van der Waals surface area contributed by atoms with Crippen molar-refractivity contribution in [3.05, 3.63) is 41.4 Å². The van der Waals surface area contributed by atoms with E-state index in [-0.39, 0.29) is 6.10 Å². The van der Waals surface area contributed by atoms with Gasteiger partial charge in [0, 0.05) is 23.9 Å². The summed E-state index contributed by atoms with van der Waals surface area (Å²) < 4.78 is 6.15. The largest absolute Gasteiger partial charge is 0.489 e. The Labute approximate surface area is 114 Å². The number of hydrogen-bond acceptors (Lipinski definition) is 2. The minimum Gasteiger partial charge on any atom is -0.489 e. The van der Waals surface area contributed by atoms with E-state index in [9.17, 15) is 0 Å². The van der Waals surface area contributed by atoms with E-state index in [1.54, 1.807) is 0 Å². The summed E-state index contributed by atoms with van der Waals surface area (Å²) in [6, 6.07) is 5.77. The van der Waals surface area contributed by atoms with Crippen LogP contribution in [0.15, 0.2) is 30.9 Å². The Morgan fingerprint density at radius 3 is 3.06 bits per heavy atom. The van der Waals surface area contributed by atoms with Crippen LogP contribution in [0.4, 0.5) is 0 Å². The molecule has 0 aromatic heterocycles. The summed E-state index contributed by atoms with van der Waals surface area (Å²) in [4.78, 5) is 0. The minimum absolute atomic E-state index is 0.206. The zero-order valence-electron chi connectivity index (χ0n) is 10.8. The summed E-state index contributed by atoms with van der Waals surface area (Å²) in [5.74, 6) is 1.50. The van der Waals surface area contributed by atoms with E-state index in [0.29, 0.717) is 5.92 Å². The van der Waals surface area contributed by atoms with Gasteiger partial charge in [-0.3, -0.25) is 0 Å². The molecule has 0 spiro atoms. The van der Waals surface area contributed by atoms with E-state index >= 15 is 0 Å². The lowest BCUT2D eigenvalue weighted by molar-refractivity contribution is 0.144. The van der Waals surface area contributed by atoms with Gasteiger partial charge in [0.25, 0.3) is 0 Å². The second kappa shape index (κ2) is 6.26. The highest BCUT2D eigenvalue weighted by Crippen LogP contribution is 2.27. The van der Waals surface area contributed by atoms with Crippen molar-refractivity contribution in [1.29, 1.82) is 0 Å². The molecular formula is C15H20ClNO. The smallest absolute Gasteiger partial charge is 0.122 e. The normalized spacial score (nSPS) is 20.7. The number of hydrogen-bond donors (Lipinski definition) is 1. The lowest BCUT2D eigenvalue weighted by Gasteiger charge is -2.24. The number of halogens is 1. The maximum absolute atomic E-state index is 6.15. The molecule has 0 saturated carbocycles. The van der Waals surface area contributed by atoms with Crippen molar-refractivity contribution in [2.75, 3.05) is 13.1 Å². The molecule has 1 aliphatic heterocycles. The first-order chi connectivity index (χ1) is 8.70. The molecule has 1 heterocycles. The molecule has 1 fully saturated rings. The van der Waals surface area contributed by atoms with Crippen molar-refractivity contribution >= 4 is 11.6 Å². The third kappa shape index (κ3) is 3.27. The fourth-order valence-electron chi connectivity index (χ4n) is 2.40. The van der Waals surface area contributed by atoms with Gasteiger partial charge in [-0.15, -0.1) is 6.58 Å². The van der Waals surface area contributed by atoms with Gasteiger partial charge >= 0.3 is 0 Å². The Balaban J connectivity index is 2.09. The fraction of sp³-hybridized carbons (Fsp3) is 0.467. The molecule has 1 N–H and O–H groups in total. The van der Waals surface area contributed by atoms with E-state index in [4.69, 9.17) is 16.3 Å². The summed E-state index contributed by atoms with van der Waals surface area (Å²) in [7, 11) is 0. The number of nitrogens with one attached hydrogen (secondary N) is 1. The van der Waals surface area contributed by atoms with Gasteiger partial charge < -0.3 is 10.1 Å². The van der Waals surface area contributed by atoms with Crippen LogP contribution in [0.25, 0.3) is 0 Å². The van der Waals surface area contributed by atoms with Crippen molar-refractivity contribution in [3.8, 4) is 5.75 Å². The van der Waals surface area contributed by atoms with E-state index in [1.165, 1.54) is 6.42 Å². The molecule has 0 radical (unpaired) electrons. The van der Waals surface area contributed by atoms with Crippen molar-refractivity contribution in [2.24, 2.45) is 5.92 Å². The van der Waals surface area contributed by atoms with Crippen molar-refractivity contribution < 1.29 is 4.74 Å². The van der Waals surface area contributed by atoms with Crippen LogP contribution in [0, 0.1) is 12.8 Å². The van der Waals surface area contributed by atoms with Crippen molar-refractivity contribution in [1.82, 2.24) is 5.32 Å². The zero-order chi connectivity index (χ0) is 13.0. The van der Waals surface area contributed by atoms with Crippen LogP contribution in [0.2, 0.25) is 5.02 Å². The van der Waals surface area contributed by atoms with Crippen LogP contribution in [-0.4, -0.2) is 19.2 Å². The second-order valence-electron chi connectivity index (χ2n) is 4.84. The Morgan fingerprint density at radius 1 is 1.61 bits per heavy atom. The first-order valence-electron chi connectivity index (χ1n) is 6.45. The monoisotopic (exact) mass is 265 g/mol. The van der Waals surface area contributed by atoms with Gasteiger partial charge in [-0.25, -0.2) is 0 Å². The van der Waals surface area contributed by atoms with Gasteiger partial charge in [-0.05, 0) is 43.7 Å². The molecule has 0 aliphatic carbocycles. The molecule has 1 aromatic rings. The first-order valence-corrected chi connectivity index (χ1v) is 6.83. The van der Waals surface area contributed by atoms with E-state index in [1.807, 2.05) is 31.2 Å². The predicted octanol–water partition coefficient (Wildman–Crippen LogP) is 3.58. The maximum Gasteiger partial charge on any atom is 0.122 e. The van der Waals surface area contributed by atoms with Crippen LogP contribution in [0.1, 0.15) is 18.4 Å². The third-order valence-electron chi connectivity index (χ3n) is 3.44. The molecular weight excluding hydrogens is 246 g/mol. The van der Waals surface area contributed by atoms with Crippen LogP contribution in [0.5, 0.6) is 5.75 Å². The molecule has 1 aromatic carbocycles. The zero-order valence-corrected chi connectivity index (χ0v) is 11.5. The molecule has 98 valence electrons. The average molecular weight is 266 g/mol. The Hall–Kier alpha value is -0.990. The van der Waals surface area contributed by atoms with Gasteiger partial charge in [0.15, 0.2) is 0 Å². The van der Waals surface area contributed by atoms with Crippen LogP contribution in [-0.2, 0) is 0 Å². The highest BCUT2D eigenvalue weighted by molar-refractivity contribution is 6.30. The molecule has 2 rings (SSSR count). The Morgan fingerprint density at radius 2 is 2.44 bits per heavy atom. The van der Waals surface area contributed by atoms with Gasteiger partial charge in [0.2, 0.25) is 0 Å². The summed E-state index contributed by atoms with van der Waals surface area (Å²) in [6.45, 7) is 7.97. The minimum atomic E-state index is 0.206. The Kier molecular flexibility index (Phi) is 4.67. The van der Waals surface area contributed by atoms with Gasteiger partial charge in [0.05, 0.1) is 0 Å². The first kappa shape index (κ1) is 13.4. The van der Waals surface area contributed by atoms with E-state index < -0.39 is 0 Å². The Bertz CT molecular complexity index is 413. The topological polar surface area (TPSA) is 21.3 Å². The second-order valence-corrected chi connectivity index (χ2v) is 5.28. The van der Waals surface area contributed by atoms with Gasteiger partial charge in [-0.1, -0.05) is 17.7 Å². The molecule has 18 heavy (non-hydrogen) atoms. The molecule has 2 nitrogen and oxygen atoms in total. The number of rotatable bonds is 5. The van der Waals surface area contributed by atoms with Crippen molar-refractivity contribution in [3.63, 3.8) is 0 Å². The molecule has 2 atom stereocenters. The fourth-order valence-corrected chi connectivity index (χ4v) is 2.63. The standard InChI is InChI=1S/C15H20ClNO/c1-3-4-15(12-7-8-17-10-12)18-14-6-5-13(16)9-11(14)2/h3,5-6,9,12,15,17H,1,4,7-8,10H2,2H3/t12?,15-/m1/s1. The number of benzene rings is 1. The van der Waals surface area contributed by atoms with E-state index in [0.717, 1.165) is 35.8 Å². The van der Waals surface area contributed by atoms with Gasteiger partial charge in [0.1, 0.15) is 11.9 Å². The molecule has 1 aliphatic rings. The molecule has 1 saturated heterocycles. The lowest BCUT2D eigenvalue weighted by Crippen LogP contribution is -2.28. The lowest BCUT2D eigenvalue weighted by atomic mass is 9.98. The highest BCUT2D eigenvalue weighted by Gasteiger charge is 2.25. The predicted molar refractivity (Wildman–Crippen MR) is 76.4 cm³/mol. The number of aryl methyl sites for hydroxylation is 1. The third-order valence-corrected chi connectivity index (χ3v) is 3.67. The van der Waals surface area contributed by atoms with Crippen molar-refractivity contribution in [2.45, 2.75) is 25.9 Å². The quantitative estimate of drug-likeness (QED) is 0.822. The summed E-state index contributed by atoms with van der Waals surface area (Å²) in [5, 5.41) is 4.14. The molecule has 1 unspecified atom stereocenters. The van der Waals surface area contributed by atoms with Crippen LogP contribution >= 0.6 is 11.6 Å². The average Bonchev–Trinajstić information content (AvgIpc) is 2.85. The van der Waals surface area contributed by atoms with Crippen LogP contribution < -0.4 is 10.1 Å². The maximum atomic E-state index is 6.15. The summed E-state index contributed by atoms with van der Waals surface area (Å²) >= 11 is 5.96. The molecule has 3 heteroatoms. The molecule has 0 amide bonds. The molecule has 0 bridgehead atoms. The van der Waals surface area contributed by atoms with E-state index in [2.05, 4.69) is 11.9 Å². The SMILES string of the molecule is C=CC[C@@H](Oc1ccc(Cl)cc1C)C1CCNC1. The van der Waals surface area contributed by atoms with Gasteiger partial charge in [-0.2, -0.15) is 0 Å². The summed E-state index contributed by atoms with van der Waals surface area (Å²) in [6.07, 6.45) is 4.20. The van der Waals surface area contributed by atoms with Crippen LogP contribution in [0.3, 0.4) is 0 Å². The summed E-state index contributed by atoms with van der Waals surface area (Å²) in [5.41, 5.74) is 1.09.